The fourth-order valence-electron chi connectivity index (χ4n) is 1.88. The molecule has 0 radical (unpaired) electrons. The number of carbonyl (C=O) groups excluding carboxylic acids is 1. The minimum atomic E-state index is -0.907. The van der Waals surface area contributed by atoms with E-state index in [1.807, 2.05) is 56.4 Å². The lowest BCUT2D eigenvalue weighted by Gasteiger charge is -2.16. The predicted octanol–water partition coefficient (Wildman–Crippen LogP) is 3.61. The van der Waals surface area contributed by atoms with Crippen molar-refractivity contribution in [3.05, 3.63) is 53.6 Å². The summed E-state index contributed by atoms with van der Waals surface area (Å²) in [6.07, 6.45) is 6.82. The molecule has 0 aliphatic heterocycles. The Morgan fingerprint density at radius 3 is 2.26 bits per heavy atom. The van der Waals surface area contributed by atoms with Crippen LogP contribution in [0.3, 0.4) is 0 Å². The normalized spacial score (nSPS) is 12.5. The highest BCUT2D eigenvalue weighted by Crippen LogP contribution is 2.27. The maximum Gasteiger partial charge on any atom is 0.333 e. The van der Waals surface area contributed by atoms with Crippen molar-refractivity contribution in [2.75, 3.05) is 13.2 Å². The van der Waals surface area contributed by atoms with Crippen LogP contribution in [0.2, 0.25) is 0 Å². The van der Waals surface area contributed by atoms with Crippen molar-refractivity contribution >= 4 is 18.1 Å². The molecule has 1 aromatic rings. The van der Waals surface area contributed by atoms with Gasteiger partial charge in [0.25, 0.3) is 0 Å². The van der Waals surface area contributed by atoms with Crippen LogP contribution >= 0.6 is 0 Å². The molecule has 1 N–H and O–H groups in total. The molecule has 0 aliphatic carbocycles. The SMILES string of the molecule is C=C(C)C(=O)OCC(O)COc1c(/C=C\C)cccc1/C=C\C. The number of hydrogen-bond donors (Lipinski definition) is 1. The monoisotopic (exact) mass is 316 g/mol. The first-order valence-electron chi connectivity index (χ1n) is 7.51. The fraction of sp³-hybridized carbons (Fsp3) is 0.316. The third-order valence-corrected chi connectivity index (χ3v) is 2.94. The highest BCUT2D eigenvalue weighted by Gasteiger charge is 2.12. The van der Waals surface area contributed by atoms with Gasteiger partial charge in [-0.3, -0.25) is 0 Å². The topological polar surface area (TPSA) is 55.8 Å². The van der Waals surface area contributed by atoms with E-state index in [1.54, 1.807) is 6.92 Å². The van der Waals surface area contributed by atoms with Gasteiger partial charge in [-0.1, -0.05) is 49.1 Å². The summed E-state index contributed by atoms with van der Waals surface area (Å²) in [5.41, 5.74) is 2.15. The van der Waals surface area contributed by atoms with Crippen LogP contribution in [-0.4, -0.2) is 30.4 Å². The van der Waals surface area contributed by atoms with Crippen LogP contribution in [0, 0.1) is 0 Å². The van der Waals surface area contributed by atoms with E-state index in [1.165, 1.54) is 0 Å². The molecule has 0 heterocycles. The van der Waals surface area contributed by atoms with E-state index in [4.69, 9.17) is 9.47 Å². The number of esters is 1. The Morgan fingerprint density at radius 2 is 1.78 bits per heavy atom. The molecular formula is C19H24O4. The molecule has 1 atom stereocenters. The number of hydrogen-bond acceptors (Lipinski definition) is 4. The van der Waals surface area contributed by atoms with E-state index < -0.39 is 12.1 Å². The molecule has 0 aromatic heterocycles. The summed E-state index contributed by atoms with van der Waals surface area (Å²) in [6, 6.07) is 5.83. The molecule has 0 saturated heterocycles. The Hall–Kier alpha value is -2.33. The van der Waals surface area contributed by atoms with E-state index in [-0.39, 0.29) is 13.2 Å². The molecule has 0 amide bonds. The summed E-state index contributed by atoms with van der Waals surface area (Å²) in [7, 11) is 0. The number of allylic oxidation sites excluding steroid dienone is 2. The van der Waals surface area contributed by atoms with Crippen molar-refractivity contribution < 1.29 is 19.4 Å². The quantitative estimate of drug-likeness (QED) is 0.588. The van der Waals surface area contributed by atoms with Gasteiger partial charge in [0, 0.05) is 16.7 Å². The van der Waals surface area contributed by atoms with Crippen molar-refractivity contribution in [2.45, 2.75) is 26.9 Å². The van der Waals surface area contributed by atoms with Gasteiger partial charge in [-0.15, -0.1) is 0 Å². The number of para-hydroxylation sites is 1. The van der Waals surface area contributed by atoms with Gasteiger partial charge in [-0.25, -0.2) is 4.79 Å². The molecule has 0 saturated carbocycles. The summed E-state index contributed by atoms with van der Waals surface area (Å²) in [5.74, 6) is 0.168. The van der Waals surface area contributed by atoms with Crippen LogP contribution in [0.15, 0.2) is 42.5 Å². The first-order valence-corrected chi connectivity index (χ1v) is 7.51. The number of carbonyl (C=O) groups is 1. The molecule has 0 spiro atoms. The Kier molecular flexibility index (Phi) is 7.84. The lowest BCUT2D eigenvalue weighted by molar-refractivity contribution is -0.142. The van der Waals surface area contributed by atoms with E-state index >= 15 is 0 Å². The maximum absolute atomic E-state index is 11.3. The molecule has 4 heteroatoms. The largest absolute Gasteiger partial charge is 0.489 e. The fourth-order valence-corrected chi connectivity index (χ4v) is 1.88. The van der Waals surface area contributed by atoms with Crippen LogP contribution in [0.4, 0.5) is 0 Å². The number of aliphatic hydroxyl groups is 1. The zero-order valence-corrected chi connectivity index (χ0v) is 13.9. The minimum absolute atomic E-state index is 0.0303. The molecule has 1 aromatic carbocycles. The molecule has 0 aliphatic rings. The molecule has 4 nitrogen and oxygen atoms in total. The van der Waals surface area contributed by atoms with Crippen LogP contribution in [-0.2, 0) is 9.53 Å². The lowest BCUT2D eigenvalue weighted by Crippen LogP contribution is -2.25. The average molecular weight is 316 g/mol. The van der Waals surface area contributed by atoms with Gasteiger partial charge in [0.15, 0.2) is 0 Å². The van der Waals surface area contributed by atoms with Gasteiger partial charge < -0.3 is 14.6 Å². The zero-order valence-electron chi connectivity index (χ0n) is 13.9. The Labute approximate surface area is 137 Å². The number of rotatable bonds is 8. The number of benzene rings is 1. The summed E-state index contributed by atoms with van der Waals surface area (Å²) in [4.78, 5) is 11.3. The van der Waals surface area contributed by atoms with E-state index in [2.05, 4.69) is 6.58 Å². The average Bonchev–Trinajstić information content (AvgIpc) is 2.52. The molecule has 124 valence electrons. The van der Waals surface area contributed by atoms with Crippen LogP contribution in [0.5, 0.6) is 5.75 Å². The van der Waals surface area contributed by atoms with Gasteiger partial charge >= 0.3 is 5.97 Å². The highest BCUT2D eigenvalue weighted by atomic mass is 16.5. The van der Waals surface area contributed by atoms with Crippen molar-refractivity contribution in [1.82, 2.24) is 0 Å². The third kappa shape index (κ3) is 6.12. The standard InChI is InChI=1S/C19H24O4/c1-5-8-15-10-7-11-16(9-6-2)18(15)22-12-17(20)13-23-19(21)14(3)4/h5-11,17,20H,3,12-13H2,1-2,4H3/b8-5-,9-6-. The smallest absolute Gasteiger partial charge is 0.333 e. The second-order valence-corrected chi connectivity index (χ2v) is 5.11. The summed E-state index contributed by atoms with van der Waals surface area (Å²) >= 11 is 0. The summed E-state index contributed by atoms with van der Waals surface area (Å²) in [5, 5.41) is 9.91. The Balaban J connectivity index is 2.75. The van der Waals surface area contributed by atoms with E-state index in [0.717, 1.165) is 11.1 Å². The van der Waals surface area contributed by atoms with Gasteiger partial charge in [-0.2, -0.15) is 0 Å². The van der Waals surface area contributed by atoms with Gasteiger partial charge in [0.2, 0.25) is 0 Å². The molecule has 1 rings (SSSR count). The number of ether oxygens (including phenoxy) is 2. The zero-order chi connectivity index (χ0) is 17.2. The van der Waals surface area contributed by atoms with Crippen molar-refractivity contribution in [2.24, 2.45) is 0 Å². The van der Waals surface area contributed by atoms with Gasteiger partial charge in [-0.05, 0) is 20.8 Å². The summed E-state index contributed by atoms with van der Waals surface area (Å²) in [6.45, 7) is 8.80. The maximum atomic E-state index is 11.3. The molecule has 1 unspecified atom stereocenters. The molecular weight excluding hydrogens is 292 g/mol. The summed E-state index contributed by atoms with van der Waals surface area (Å²) < 4.78 is 10.7. The van der Waals surface area contributed by atoms with Gasteiger partial charge in [0.05, 0.1) is 0 Å². The second-order valence-electron chi connectivity index (χ2n) is 5.11. The van der Waals surface area contributed by atoms with Crippen LogP contribution < -0.4 is 4.74 Å². The molecule has 23 heavy (non-hydrogen) atoms. The lowest BCUT2D eigenvalue weighted by atomic mass is 10.1. The highest BCUT2D eigenvalue weighted by molar-refractivity contribution is 5.86. The van der Waals surface area contributed by atoms with Crippen molar-refractivity contribution in [3.8, 4) is 5.75 Å². The number of aliphatic hydroxyl groups excluding tert-OH is 1. The second kappa shape index (κ2) is 9.64. The Bertz CT molecular complexity index is 569. The van der Waals surface area contributed by atoms with E-state index in [0.29, 0.717) is 11.3 Å². The van der Waals surface area contributed by atoms with E-state index in [9.17, 15) is 9.90 Å². The molecule has 0 fully saturated rings. The molecule has 0 bridgehead atoms. The van der Waals surface area contributed by atoms with Gasteiger partial charge in [0.1, 0.15) is 25.1 Å². The van der Waals surface area contributed by atoms with Crippen molar-refractivity contribution in [1.29, 1.82) is 0 Å². The first kappa shape index (κ1) is 18.7. The first-order chi connectivity index (χ1) is 11.0. The van der Waals surface area contributed by atoms with Crippen molar-refractivity contribution in [3.63, 3.8) is 0 Å². The van der Waals surface area contributed by atoms with Crippen LogP contribution in [0.25, 0.3) is 12.2 Å². The predicted molar refractivity (Wildman–Crippen MR) is 93.1 cm³/mol. The Morgan fingerprint density at radius 1 is 1.22 bits per heavy atom. The van der Waals surface area contributed by atoms with Crippen LogP contribution in [0.1, 0.15) is 31.9 Å². The third-order valence-electron chi connectivity index (χ3n) is 2.94. The minimum Gasteiger partial charge on any atom is -0.489 e.